The number of carbonyl (C=O) groups excluding carboxylic acids is 3. The Hall–Kier alpha value is -3.15. The van der Waals surface area contributed by atoms with Crippen molar-refractivity contribution in [2.24, 2.45) is 0 Å². The summed E-state index contributed by atoms with van der Waals surface area (Å²) >= 11 is 0. The molecule has 1 aliphatic rings. The second-order valence-electron chi connectivity index (χ2n) is 6.75. The van der Waals surface area contributed by atoms with Crippen molar-refractivity contribution in [3.8, 4) is 5.69 Å². The molecule has 140 valence electrons. The van der Waals surface area contributed by atoms with E-state index in [0.717, 1.165) is 27.5 Å². The van der Waals surface area contributed by atoms with E-state index in [1.807, 2.05) is 26.0 Å². The van der Waals surface area contributed by atoms with Crippen LogP contribution in [0.2, 0.25) is 0 Å². The maximum Gasteiger partial charge on any atom is 0.331 e. The van der Waals surface area contributed by atoms with Gasteiger partial charge in [0.1, 0.15) is 5.57 Å². The number of likely N-dealkylation sites (N-methyl/N-ethyl adjacent to an activating group) is 1. The minimum absolute atomic E-state index is 0.0299. The fourth-order valence-corrected chi connectivity index (χ4v) is 3.42. The molecule has 2 aromatic rings. The first-order valence-electron chi connectivity index (χ1n) is 8.90. The normalized spacial score (nSPS) is 16.3. The van der Waals surface area contributed by atoms with E-state index in [2.05, 4.69) is 35.9 Å². The van der Waals surface area contributed by atoms with Gasteiger partial charge in [-0.2, -0.15) is 0 Å². The van der Waals surface area contributed by atoms with E-state index < -0.39 is 17.8 Å². The number of nitrogens with zero attached hydrogens (tertiary/aromatic N) is 2. The van der Waals surface area contributed by atoms with E-state index in [-0.39, 0.29) is 12.1 Å². The Bertz CT molecular complexity index is 998. The molecule has 3 rings (SSSR count). The van der Waals surface area contributed by atoms with E-state index in [9.17, 15) is 14.4 Å². The summed E-state index contributed by atoms with van der Waals surface area (Å²) in [4.78, 5) is 37.5. The lowest BCUT2D eigenvalue weighted by molar-refractivity contribution is -0.129. The summed E-state index contributed by atoms with van der Waals surface area (Å²) in [5.41, 5.74) is 6.11. The SMILES string of the molecule is CCN1C(=O)NC(=O)C(=Cc2cc(C)n(-c3cccc(C)c3C)c2C)C1=O. The molecule has 1 fully saturated rings. The Morgan fingerprint density at radius 1 is 1.07 bits per heavy atom. The summed E-state index contributed by atoms with van der Waals surface area (Å²) in [5, 5.41) is 2.22. The number of carbonyl (C=O) groups is 3. The van der Waals surface area contributed by atoms with Crippen LogP contribution in [0.3, 0.4) is 0 Å². The molecule has 1 aliphatic heterocycles. The van der Waals surface area contributed by atoms with Crippen molar-refractivity contribution in [2.45, 2.75) is 34.6 Å². The molecule has 0 atom stereocenters. The standard InChI is InChI=1S/C21H23N3O3/c1-6-23-20(26)17(19(25)22-21(23)27)11-16-10-13(3)24(15(16)5)18-9-7-8-12(2)14(18)4/h7-11H,6H2,1-5H3,(H,22,25,27). The number of hydrogen-bond acceptors (Lipinski definition) is 3. The number of aryl methyl sites for hydroxylation is 2. The number of rotatable bonds is 3. The first-order valence-corrected chi connectivity index (χ1v) is 8.90. The van der Waals surface area contributed by atoms with Gasteiger partial charge in [-0.15, -0.1) is 0 Å². The molecule has 27 heavy (non-hydrogen) atoms. The maximum atomic E-state index is 12.5. The summed E-state index contributed by atoms with van der Waals surface area (Å²) in [6, 6.07) is 7.40. The number of urea groups is 1. The summed E-state index contributed by atoms with van der Waals surface area (Å²) in [5.74, 6) is -1.23. The fraction of sp³-hybridized carbons (Fsp3) is 0.286. The Balaban J connectivity index is 2.11. The van der Waals surface area contributed by atoms with Crippen LogP contribution < -0.4 is 5.32 Å². The Morgan fingerprint density at radius 3 is 2.44 bits per heavy atom. The first-order chi connectivity index (χ1) is 12.8. The van der Waals surface area contributed by atoms with E-state index in [1.54, 1.807) is 13.0 Å². The highest BCUT2D eigenvalue weighted by Crippen LogP contribution is 2.26. The topological polar surface area (TPSA) is 71.4 Å². The molecule has 1 aromatic heterocycles. The van der Waals surface area contributed by atoms with Crippen LogP contribution in [-0.4, -0.2) is 33.9 Å². The third-order valence-electron chi connectivity index (χ3n) is 5.09. The van der Waals surface area contributed by atoms with Gasteiger partial charge in [0.25, 0.3) is 11.8 Å². The monoisotopic (exact) mass is 365 g/mol. The molecule has 1 saturated heterocycles. The van der Waals surface area contributed by atoms with Crippen molar-refractivity contribution >= 4 is 23.9 Å². The third kappa shape index (κ3) is 3.07. The van der Waals surface area contributed by atoms with Crippen LogP contribution in [0.25, 0.3) is 11.8 Å². The molecule has 4 amide bonds. The van der Waals surface area contributed by atoms with E-state index in [4.69, 9.17) is 0 Å². The highest BCUT2D eigenvalue weighted by Gasteiger charge is 2.34. The average molecular weight is 365 g/mol. The van der Waals surface area contributed by atoms with Crippen LogP contribution in [-0.2, 0) is 9.59 Å². The van der Waals surface area contributed by atoms with E-state index in [0.29, 0.717) is 0 Å². The molecule has 2 heterocycles. The number of amides is 4. The van der Waals surface area contributed by atoms with Crippen LogP contribution in [0, 0.1) is 27.7 Å². The zero-order valence-corrected chi connectivity index (χ0v) is 16.2. The number of aromatic nitrogens is 1. The van der Waals surface area contributed by atoms with Gasteiger partial charge < -0.3 is 4.57 Å². The molecular formula is C21H23N3O3. The lowest BCUT2D eigenvalue weighted by Crippen LogP contribution is -2.53. The predicted molar refractivity (Wildman–Crippen MR) is 104 cm³/mol. The van der Waals surface area contributed by atoms with Gasteiger partial charge in [0.2, 0.25) is 0 Å². The van der Waals surface area contributed by atoms with Crippen LogP contribution in [0.15, 0.2) is 29.8 Å². The lowest BCUT2D eigenvalue weighted by atomic mass is 10.1. The van der Waals surface area contributed by atoms with Crippen molar-refractivity contribution in [1.29, 1.82) is 0 Å². The fourth-order valence-electron chi connectivity index (χ4n) is 3.42. The molecule has 0 bridgehead atoms. The highest BCUT2D eigenvalue weighted by atomic mass is 16.2. The molecule has 0 saturated carbocycles. The molecule has 0 unspecified atom stereocenters. The van der Waals surface area contributed by atoms with Gasteiger partial charge in [0.05, 0.1) is 0 Å². The Morgan fingerprint density at radius 2 is 1.78 bits per heavy atom. The number of hydrogen-bond donors (Lipinski definition) is 1. The Kier molecular flexibility index (Phi) is 4.74. The minimum atomic E-state index is -0.675. The molecule has 1 N–H and O–H groups in total. The van der Waals surface area contributed by atoms with E-state index in [1.165, 1.54) is 11.1 Å². The quantitative estimate of drug-likeness (QED) is 0.671. The molecular weight excluding hydrogens is 342 g/mol. The van der Waals surface area contributed by atoms with Gasteiger partial charge in [-0.3, -0.25) is 19.8 Å². The van der Waals surface area contributed by atoms with Crippen molar-refractivity contribution < 1.29 is 14.4 Å². The molecule has 1 aromatic carbocycles. The van der Waals surface area contributed by atoms with Crippen LogP contribution >= 0.6 is 0 Å². The van der Waals surface area contributed by atoms with Crippen LogP contribution in [0.5, 0.6) is 0 Å². The number of imide groups is 2. The third-order valence-corrected chi connectivity index (χ3v) is 5.09. The molecule has 0 aliphatic carbocycles. The molecule has 0 spiro atoms. The van der Waals surface area contributed by atoms with Crippen LogP contribution in [0.1, 0.15) is 35.0 Å². The van der Waals surface area contributed by atoms with Crippen LogP contribution in [0.4, 0.5) is 4.79 Å². The number of benzene rings is 1. The Labute approximate surface area is 158 Å². The van der Waals surface area contributed by atoms with Gasteiger partial charge in [0.15, 0.2) is 0 Å². The largest absolute Gasteiger partial charge is 0.331 e. The van der Waals surface area contributed by atoms with Gasteiger partial charge in [-0.05, 0) is 69.5 Å². The zero-order chi connectivity index (χ0) is 19.9. The molecule has 6 heteroatoms. The molecule has 0 radical (unpaired) electrons. The first kappa shape index (κ1) is 18.6. The van der Waals surface area contributed by atoms with Crippen molar-refractivity contribution in [2.75, 3.05) is 6.54 Å². The zero-order valence-electron chi connectivity index (χ0n) is 16.2. The van der Waals surface area contributed by atoms with Gasteiger partial charge in [-0.1, -0.05) is 12.1 Å². The number of nitrogens with one attached hydrogen (secondary N) is 1. The summed E-state index contributed by atoms with van der Waals surface area (Å²) in [6.45, 7) is 9.98. The van der Waals surface area contributed by atoms with Crippen molar-refractivity contribution in [1.82, 2.24) is 14.8 Å². The van der Waals surface area contributed by atoms with Gasteiger partial charge >= 0.3 is 6.03 Å². The maximum absolute atomic E-state index is 12.5. The lowest BCUT2D eigenvalue weighted by Gasteiger charge is -2.24. The summed E-state index contributed by atoms with van der Waals surface area (Å²) in [6.07, 6.45) is 1.57. The van der Waals surface area contributed by atoms with E-state index >= 15 is 0 Å². The second-order valence-corrected chi connectivity index (χ2v) is 6.75. The van der Waals surface area contributed by atoms with Gasteiger partial charge in [-0.25, -0.2) is 4.79 Å². The predicted octanol–water partition coefficient (Wildman–Crippen LogP) is 3.19. The van der Waals surface area contributed by atoms with Crippen molar-refractivity contribution in [3.05, 3.63) is 57.9 Å². The number of barbiturate groups is 1. The smallest absolute Gasteiger partial charge is 0.318 e. The average Bonchev–Trinajstić information content (AvgIpc) is 2.88. The molecule has 6 nitrogen and oxygen atoms in total. The summed E-state index contributed by atoms with van der Waals surface area (Å²) in [7, 11) is 0. The summed E-state index contributed by atoms with van der Waals surface area (Å²) < 4.78 is 2.11. The second kappa shape index (κ2) is 6.87. The minimum Gasteiger partial charge on any atom is -0.318 e. The highest BCUT2D eigenvalue weighted by molar-refractivity contribution is 6.31. The van der Waals surface area contributed by atoms with Crippen molar-refractivity contribution in [3.63, 3.8) is 0 Å². The van der Waals surface area contributed by atoms with Gasteiger partial charge in [0, 0.05) is 23.6 Å².